The standard InChI is InChI=1S/C16H21Cl2NO2/c1-15(2)3-5-16(21,6-4-15)10-19-14(20)11-7-12(17)9-13(18)8-11/h7-9,21H,3-6,10H2,1-2H3,(H,19,20). The van der Waals surface area contributed by atoms with Gasteiger partial charge in [-0.05, 0) is 49.3 Å². The average molecular weight is 330 g/mol. The number of halogens is 2. The fourth-order valence-corrected chi connectivity index (χ4v) is 3.13. The molecule has 1 aliphatic carbocycles. The smallest absolute Gasteiger partial charge is 0.251 e. The molecule has 0 unspecified atom stereocenters. The summed E-state index contributed by atoms with van der Waals surface area (Å²) >= 11 is 11.8. The molecule has 5 heteroatoms. The van der Waals surface area contributed by atoms with Gasteiger partial charge < -0.3 is 10.4 Å². The first-order chi connectivity index (χ1) is 9.69. The molecule has 1 aromatic carbocycles. The summed E-state index contributed by atoms with van der Waals surface area (Å²) in [5, 5.41) is 14.2. The Morgan fingerprint density at radius 1 is 1.14 bits per heavy atom. The summed E-state index contributed by atoms with van der Waals surface area (Å²) < 4.78 is 0. The van der Waals surface area contributed by atoms with E-state index in [0.29, 0.717) is 28.5 Å². The second-order valence-electron chi connectivity index (χ2n) is 6.73. The van der Waals surface area contributed by atoms with Crippen molar-refractivity contribution in [1.82, 2.24) is 5.32 Å². The highest BCUT2D eigenvalue weighted by atomic mass is 35.5. The van der Waals surface area contributed by atoms with Gasteiger partial charge in [0.05, 0.1) is 5.60 Å². The van der Waals surface area contributed by atoms with E-state index in [1.165, 1.54) is 0 Å². The average Bonchev–Trinajstić information content (AvgIpc) is 2.39. The van der Waals surface area contributed by atoms with E-state index in [0.717, 1.165) is 12.8 Å². The van der Waals surface area contributed by atoms with Gasteiger partial charge in [-0.25, -0.2) is 0 Å². The number of nitrogens with one attached hydrogen (secondary N) is 1. The van der Waals surface area contributed by atoms with Crippen molar-refractivity contribution in [1.29, 1.82) is 0 Å². The molecule has 21 heavy (non-hydrogen) atoms. The molecule has 3 nitrogen and oxygen atoms in total. The van der Waals surface area contributed by atoms with Gasteiger partial charge >= 0.3 is 0 Å². The van der Waals surface area contributed by atoms with E-state index < -0.39 is 5.60 Å². The third-order valence-electron chi connectivity index (χ3n) is 4.24. The Morgan fingerprint density at radius 2 is 1.67 bits per heavy atom. The van der Waals surface area contributed by atoms with Gasteiger partial charge in [-0.2, -0.15) is 0 Å². The van der Waals surface area contributed by atoms with E-state index in [-0.39, 0.29) is 17.9 Å². The lowest BCUT2D eigenvalue weighted by atomic mass is 9.71. The van der Waals surface area contributed by atoms with Crippen LogP contribution in [0.25, 0.3) is 0 Å². The van der Waals surface area contributed by atoms with Gasteiger partial charge in [0.15, 0.2) is 0 Å². The fraction of sp³-hybridized carbons (Fsp3) is 0.562. The molecule has 0 atom stereocenters. The molecule has 0 aromatic heterocycles. The molecular formula is C16H21Cl2NO2. The van der Waals surface area contributed by atoms with Gasteiger partial charge in [0.2, 0.25) is 0 Å². The van der Waals surface area contributed by atoms with Gasteiger partial charge in [0.25, 0.3) is 5.91 Å². The highest BCUT2D eigenvalue weighted by Crippen LogP contribution is 2.39. The summed E-state index contributed by atoms with van der Waals surface area (Å²) in [4.78, 5) is 12.1. The number of benzene rings is 1. The van der Waals surface area contributed by atoms with Crippen LogP contribution in [0.2, 0.25) is 10.0 Å². The molecule has 1 amide bonds. The van der Waals surface area contributed by atoms with E-state index in [2.05, 4.69) is 19.2 Å². The first-order valence-corrected chi connectivity index (χ1v) is 7.91. The normalized spacial score (nSPS) is 20.0. The van der Waals surface area contributed by atoms with Gasteiger partial charge in [0.1, 0.15) is 0 Å². The highest BCUT2D eigenvalue weighted by molar-refractivity contribution is 6.35. The molecule has 1 aromatic rings. The lowest BCUT2D eigenvalue weighted by Crippen LogP contribution is -2.46. The molecule has 1 aliphatic rings. The first kappa shape index (κ1) is 16.6. The summed E-state index contributed by atoms with van der Waals surface area (Å²) in [5.41, 5.74) is -0.128. The monoisotopic (exact) mass is 329 g/mol. The number of hydrogen-bond acceptors (Lipinski definition) is 2. The molecule has 2 N–H and O–H groups in total. The first-order valence-electron chi connectivity index (χ1n) is 7.16. The van der Waals surface area contributed by atoms with Crippen LogP contribution in [0.4, 0.5) is 0 Å². The Hall–Kier alpha value is -0.770. The largest absolute Gasteiger partial charge is 0.388 e. The van der Waals surface area contributed by atoms with Crippen molar-refractivity contribution in [2.24, 2.45) is 5.41 Å². The Balaban J connectivity index is 1.95. The van der Waals surface area contributed by atoms with Crippen molar-refractivity contribution >= 4 is 29.1 Å². The van der Waals surface area contributed by atoms with Gasteiger partial charge in [-0.3, -0.25) is 4.79 Å². The van der Waals surface area contributed by atoms with Crippen LogP contribution in [-0.4, -0.2) is 23.2 Å². The van der Waals surface area contributed by atoms with Crippen LogP contribution in [0.1, 0.15) is 49.9 Å². The van der Waals surface area contributed by atoms with Crippen LogP contribution in [0.5, 0.6) is 0 Å². The van der Waals surface area contributed by atoms with Gasteiger partial charge in [-0.1, -0.05) is 37.0 Å². The van der Waals surface area contributed by atoms with E-state index >= 15 is 0 Å². The maximum Gasteiger partial charge on any atom is 0.251 e. The number of amides is 1. The Kier molecular flexibility index (Phi) is 4.86. The van der Waals surface area contributed by atoms with Crippen molar-refractivity contribution in [3.05, 3.63) is 33.8 Å². The molecule has 0 aliphatic heterocycles. The minimum atomic E-state index is -0.812. The molecule has 116 valence electrons. The zero-order chi connectivity index (χ0) is 15.7. The molecule has 1 fully saturated rings. The number of aliphatic hydroxyl groups is 1. The summed E-state index contributed by atoms with van der Waals surface area (Å²) in [6.45, 7) is 4.67. The maximum atomic E-state index is 12.1. The number of hydrogen-bond donors (Lipinski definition) is 2. The van der Waals surface area contributed by atoms with Crippen LogP contribution < -0.4 is 5.32 Å². The lowest BCUT2D eigenvalue weighted by molar-refractivity contribution is -0.0233. The molecular weight excluding hydrogens is 309 g/mol. The van der Waals surface area contributed by atoms with Crippen molar-refractivity contribution in [3.63, 3.8) is 0 Å². The van der Waals surface area contributed by atoms with Crippen LogP contribution in [0, 0.1) is 5.41 Å². The molecule has 2 rings (SSSR count). The summed E-state index contributed by atoms with van der Waals surface area (Å²) in [6.07, 6.45) is 3.33. The van der Waals surface area contributed by atoms with Gasteiger partial charge in [0, 0.05) is 22.2 Å². The second kappa shape index (κ2) is 6.15. The van der Waals surface area contributed by atoms with Crippen molar-refractivity contribution in [3.8, 4) is 0 Å². The maximum absolute atomic E-state index is 12.1. The fourth-order valence-electron chi connectivity index (χ4n) is 2.60. The van der Waals surface area contributed by atoms with E-state index in [1.54, 1.807) is 18.2 Å². The van der Waals surface area contributed by atoms with Crippen LogP contribution in [0.3, 0.4) is 0 Å². The molecule has 0 saturated heterocycles. The minimum Gasteiger partial charge on any atom is -0.388 e. The third kappa shape index (κ3) is 4.60. The summed E-state index contributed by atoms with van der Waals surface area (Å²) in [6, 6.07) is 4.71. The van der Waals surface area contributed by atoms with Crippen LogP contribution in [-0.2, 0) is 0 Å². The predicted molar refractivity (Wildman–Crippen MR) is 86.0 cm³/mol. The van der Waals surface area contributed by atoms with Crippen LogP contribution >= 0.6 is 23.2 Å². The molecule has 0 radical (unpaired) electrons. The summed E-state index contributed by atoms with van der Waals surface area (Å²) in [5.74, 6) is -0.266. The third-order valence-corrected chi connectivity index (χ3v) is 4.67. The second-order valence-corrected chi connectivity index (χ2v) is 7.60. The quantitative estimate of drug-likeness (QED) is 0.878. The predicted octanol–water partition coefficient (Wildman–Crippen LogP) is 4.05. The van der Waals surface area contributed by atoms with E-state index in [4.69, 9.17) is 23.2 Å². The van der Waals surface area contributed by atoms with Crippen molar-refractivity contribution < 1.29 is 9.90 Å². The van der Waals surface area contributed by atoms with Crippen LogP contribution in [0.15, 0.2) is 18.2 Å². The number of rotatable bonds is 3. The minimum absolute atomic E-state index is 0.256. The lowest BCUT2D eigenvalue weighted by Gasteiger charge is -2.40. The molecule has 0 heterocycles. The zero-order valence-electron chi connectivity index (χ0n) is 12.4. The summed E-state index contributed by atoms with van der Waals surface area (Å²) in [7, 11) is 0. The van der Waals surface area contributed by atoms with Crippen molar-refractivity contribution in [2.45, 2.75) is 45.1 Å². The Morgan fingerprint density at radius 3 is 2.19 bits per heavy atom. The number of carbonyl (C=O) groups excluding carboxylic acids is 1. The highest BCUT2D eigenvalue weighted by Gasteiger charge is 2.36. The SMILES string of the molecule is CC1(C)CCC(O)(CNC(=O)c2cc(Cl)cc(Cl)c2)CC1. The van der Waals surface area contributed by atoms with Crippen molar-refractivity contribution in [2.75, 3.05) is 6.54 Å². The number of carbonyl (C=O) groups is 1. The van der Waals surface area contributed by atoms with E-state index in [9.17, 15) is 9.90 Å². The van der Waals surface area contributed by atoms with E-state index in [1.807, 2.05) is 0 Å². The molecule has 1 saturated carbocycles. The van der Waals surface area contributed by atoms with Gasteiger partial charge in [-0.15, -0.1) is 0 Å². The zero-order valence-corrected chi connectivity index (χ0v) is 13.9. The molecule has 0 bridgehead atoms. The molecule has 0 spiro atoms. The Bertz CT molecular complexity index is 513. The Labute approximate surface area is 135 Å². The topological polar surface area (TPSA) is 49.3 Å².